The van der Waals surface area contributed by atoms with E-state index in [1.54, 1.807) is 48.5 Å². The Bertz CT molecular complexity index is 1420. The van der Waals surface area contributed by atoms with E-state index in [1.807, 2.05) is 60.7 Å². The van der Waals surface area contributed by atoms with Crippen LogP contribution in [0.4, 0.5) is 5.69 Å². The highest BCUT2D eigenvalue weighted by Gasteiger charge is 2.18. The number of sulfonamides is 1. The van der Waals surface area contributed by atoms with Crippen molar-refractivity contribution >= 4 is 21.6 Å². The first-order valence-electron chi connectivity index (χ1n) is 12.5. The number of amides is 1. The lowest BCUT2D eigenvalue weighted by Crippen LogP contribution is -2.29. The number of hydrogen-bond donors (Lipinski definition) is 1. The molecule has 1 amide bonds. The van der Waals surface area contributed by atoms with Crippen molar-refractivity contribution in [1.29, 1.82) is 0 Å². The molecule has 0 fully saturated rings. The molecular weight excluding hydrogens is 496 g/mol. The molecular formula is C31H32N2O4S. The van der Waals surface area contributed by atoms with E-state index in [2.05, 4.69) is 12.2 Å². The van der Waals surface area contributed by atoms with Crippen LogP contribution in [-0.2, 0) is 23.2 Å². The molecule has 0 heterocycles. The van der Waals surface area contributed by atoms with Gasteiger partial charge in [-0.2, -0.15) is 0 Å². The highest BCUT2D eigenvalue weighted by molar-refractivity contribution is 7.92. The monoisotopic (exact) mass is 528 g/mol. The summed E-state index contributed by atoms with van der Waals surface area (Å²) in [4.78, 5) is 12.6. The Balaban J connectivity index is 1.37. The van der Waals surface area contributed by atoms with E-state index in [1.165, 1.54) is 16.1 Å². The zero-order chi connectivity index (χ0) is 27.0. The molecule has 0 aliphatic rings. The standard InChI is InChI=1S/C31H32N2O4S/c1-24(27-11-7-4-8-12-27)21-32-31(34)28-15-13-25(14-16-28)22-33(38(2,35)36)29-17-19-30(20-18-29)37-23-26-9-5-3-6-10-26/h3-20,24H,21-23H2,1-2H3,(H,32,34). The Hall–Kier alpha value is -4.10. The second kappa shape index (κ2) is 12.4. The molecule has 1 N–H and O–H groups in total. The number of anilines is 1. The minimum absolute atomic E-state index is 0.149. The smallest absolute Gasteiger partial charge is 0.251 e. The van der Waals surface area contributed by atoms with Crippen LogP contribution in [0.25, 0.3) is 0 Å². The van der Waals surface area contributed by atoms with Gasteiger partial charge in [0, 0.05) is 12.1 Å². The molecule has 0 saturated heterocycles. The fraction of sp³-hybridized carbons (Fsp3) is 0.194. The molecule has 0 bridgehead atoms. The molecule has 0 spiro atoms. The van der Waals surface area contributed by atoms with Gasteiger partial charge in [-0.3, -0.25) is 9.10 Å². The van der Waals surface area contributed by atoms with Gasteiger partial charge in [-0.1, -0.05) is 79.7 Å². The van der Waals surface area contributed by atoms with Crippen LogP contribution in [0.15, 0.2) is 109 Å². The van der Waals surface area contributed by atoms with Gasteiger partial charge in [0.2, 0.25) is 10.0 Å². The number of rotatable bonds is 11. The Kier molecular flexibility index (Phi) is 8.81. The number of nitrogens with one attached hydrogen (secondary N) is 1. The lowest BCUT2D eigenvalue weighted by Gasteiger charge is -2.23. The summed E-state index contributed by atoms with van der Waals surface area (Å²) in [5, 5.41) is 2.98. The van der Waals surface area contributed by atoms with Gasteiger partial charge in [-0.05, 0) is 59.0 Å². The van der Waals surface area contributed by atoms with Crippen molar-refractivity contribution in [2.75, 3.05) is 17.1 Å². The number of benzene rings is 4. The van der Waals surface area contributed by atoms with Crippen LogP contribution >= 0.6 is 0 Å². The molecule has 196 valence electrons. The number of carbonyl (C=O) groups is 1. The van der Waals surface area contributed by atoms with E-state index in [-0.39, 0.29) is 18.4 Å². The molecule has 0 aliphatic carbocycles. The van der Waals surface area contributed by atoms with Gasteiger partial charge in [0.1, 0.15) is 12.4 Å². The summed E-state index contributed by atoms with van der Waals surface area (Å²) in [6.45, 7) is 3.18. The second-order valence-electron chi connectivity index (χ2n) is 9.26. The van der Waals surface area contributed by atoms with Gasteiger partial charge in [0.05, 0.1) is 18.5 Å². The molecule has 7 heteroatoms. The van der Waals surface area contributed by atoms with Crippen molar-refractivity contribution < 1.29 is 17.9 Å². The average Bonchev–Trinajstić information content (AvgIpc) is 2.94. The summed E-state index contributed by atoms with van der Waals surface area (Å²) >= 11 is 0. The molecule has 4 aromatic carbocycles. The first-order chi connectivity index (χ1) is 18.3. The summed E-state index contributed by atoms with van der Waals surface area (Å²) in [6, 6.07) is 33.9. The van der Waals surface area contributed by atoms with Gasteiger partial charge in [0.15, 0.2) is 0 Å². The van der Waals surface area contributed by atoms with Crippen molar-refractivity contribution in [3.8, 4) is 5.75 Å². The van der Waals surface area contributed by atoms with Gasteiger partial charge < -0.3 is 10.1 Å². The Morgan fingerprint density at radius 2 is 1.42 bits per heavy atom. The average molecular weight is 529 g/mol. The van der Waals surface area contributed by atoms with Gasteiger partial charge in [-0.25, -0.2) is 8.42 Å². The predicted octanol–water partition coefficient (Wildman–Crippen LogP) is 5.77. The van der Waals surface area contributed by atoms with Crippen LogP contribution < -0.4 is 14.4 Å². The maximum atomic E-state index is 12.6. The highest BCUT2D eigenvalue weighted by atomic mass is 32.2. The van der Waals surface area contributed by atoms with Crippen molar-refractivity contribution in [2.24, 2.45) is 0 Å². The van der Waals surface area contributed by atoms with Gasteiger partial charge in [-0.15, -0.1) is 0 Å². The molecule has 38 heavy (non-hydrogen) atoms. The van der Waals surface area contributed by atoms with Crippen LogP contribution in [-0.4, -0.2) is 27.1 Å². The van der Waals surface area contributed by atoms with Gasteiger partial charge in [0.25, 0.3) is 5.91 Å². The van der Waals surface area contributed by atoms with Crippen molar-refractivity contribution in [2.45, 2.75) is 26.0 Å². The molecule has 0 saturated carbocycles. The lowest BCUT2D eigenvalue weighted by molar-refractivity contribution is 0.0951. The Morgan fingerprint density at radius 3 is 2.03 bits per heavy atom. The first-order valence-corrected chi connectivity index (χ1v) is 14.3. The fourth-order valence-corrected chi connectivity index (χ4v) is 4.91. The van der Waals surface area contributed by atoms with Crippen molar-refractivity contribution in [1.82, 2.24) is 5.32 Å². The molecule has 1 unspecified atom stereocenters. The summed E-state index contributed by atoms with van der Waals surface area (Å²) in [5.74, 6) is 0.686. The van der Waals surface area contributed by atoms with E-state index >= 15 is 0 Å². The summed E-state index contributed by atoms with van der Waals surface area (Å²) < 4.78 is 32.4. The molecule has 0 aromatic heterocycles. The fourth-order valence-electron chi connectivity index (χ4n) is 4.02. The minimum atomic E-state index is -3.54. The molecule has 6 nitrogen and oxygen atoms in total. The second-order valence-corrected chi connectivity index (χ2v) is 11.2. The van der Waals surface area contributed by atoms with Crippen molar-refractivity contribution in [3.05, 3.63) is 131 Å². The van der Waals surface area contributed by atoms with E-state index < -0.39 is 10.0 Å². The van der Waals surface area contributed by atoms with Crippen LogP contribution in [0.2, 0.25) is 0 Å². The summed E-state index contributed by atoms with van der Waals surface area (Å²) in [6.07, 6.45) is 1.18. The Labute approximate surface area is 225 Å². The van der Waals surface area contributed by atoms with Crippen LogP contribution in [0, 0.1) is 0 Å². The zero-order valence-electron chi connectivity index (χ0n) is 21.6. The maximum absolute atomic E-state index is 12.6. The van der Waals surface area contributed by atoms with E-state index in [0.29, 0.717) is 30.2 Å². The zero-order valence-corrected chi connectivity index (χ0v) is 22.4. The normalized spacial score (nSPS) is 11.9. The topological polar surface area (TPSA) is 75.7 Å². The highest BCUT2D eigenvalue weighted by Crippen LogP contribution is 2.24. The maximum Gasteiger partial charge on any atom is 0.251 e. The third-order valence-electron chi connectivity index (χ3n) is 6.25. The minimum Gasteiger partial charge on any atom is -0.489 e. The molecule has 0 aliphatic heterocycles. The van der Waals surface area contributed by atoms with Crippen LogP contribution in [0.1, 0.15) is 39.9 Å². The third-order valence-corrected chi connectivity index (χ3v) is 7.39. The number of carbonyl (C=O) groups excluding carboxylic acids is 1. The van der Waals surface area contributed by atoms with Crippen LogP contribution in [0.3, 0.4) is 0 Å². The van der Waals surface area contributed by atoms with E-state index in [0.717, 1.165) is 11.1 Å². The summed E-state index contributed by atoms with van der Waals surface area (Å²) in [5.41, 5.74) is 4.06. The summed E-state index contributed by atoms with van der Waals surface area (Å²) in [7, 11) is -3.54. The van der Waals surface area contributed by atoms with Gasteiger partial charge >= 0.3 is 0 Å². The molecule has 4 rings (SSSR count). The Morgan fingerprint density at radius 1 is 0.816 bits per heavy atom. The van der Waals surface area contributed by atoms with E-state index in [4.69, 9.17) is 4.74 Å². The molecule has 0 radical (unpaired) electrons. The van der Waals surface area contributed by atoms with Crippen molar-refractivity contribution in [3.63, 3.8) is 0 Å². The first kappa shape index (κ1) is 26.9. The third kappa shape index (κ3) is 7.46. The lowest BCUT2D eigenvalue weighted by atomic mass is 10.0. The van der Waals surface area contributed by atoms with Crippen LogP contribution in [0.5, 0.6) is 5.75 Å². The quantitative estimate of drug-likeness (QED) is 0.268. The number of hydrogen-bond acceptors (Lipinski definition) is 4. The molecule has 4 aromatic rings. The number of nitrogens with zero attached hydrogens (tertiary/aromatic N) is 1. The molecule has 1 atom stereocenters. The number of ether oxygens (including phenoxy) is 1. The largest absolute Gasteiger partial charge is 0.489 e. The predicted molar refractivity (Wildman–Crippen MR) is 152 cm³/mol. The van der Waals surface area contributed by atoms with E-state index in [9.17, 15) is 13.2 Å². The SMILES string of the molecule is CC(CNC(=O)c1ccc(CN(c2ccc(OCc3ccccc3)cc2)S(C)(=O)=O)cc1)c1ccccc1.